The van der Waals surface area contributed by atoms with Gasteiger partial charge in [0.2, 0.25) is 12.0 Å². The van der Waals surface area contributed by atoms with Crippen molar-refractivity contribution in [2.75, 3.05) is 7.11 Å². The summed E-state index contributed by atoms with van der Waals surface area (Å²) in [6.07, 6.45) is -7.54. The minimum absolute atomic E-state index is 0.187. The Morgan fingerprint density at radius 2 is 1.78 bits per heavy atom. The Bertz CT molecular complexity index is 1260. The molecule has 37 heavy (non-hydrogen) atoms. The number of aliphatic carboxylic acids is 1. The molecular formula is C23H23F2N3O9. The van der Waals surface area contributed by atoms with Crippen LogP contribution in [0.3, 0.4) is 0 Å². The standard InChI is InChI=1S/C23H23F2N3O9/c1-35-18-12(23(34,8-28-10-26-9-27-28)11-4-2-3-5-13(11)24)6-7-14(25)19(18)36-22-17(31)15(29)16(30)20(37-22)21(32)33/h2-7,9-10,15-17,20,22,29-31,34H,8H2,1H3,(H,32,33)/t15-,16-,17+,20-,22+,23?/m0/s1. The highest BCUT2D eigenvalue weighted by Crippen LogP contribution is 2.44. The summed E-state index contributed by atoms with van der Waals surface area (Å²) in [6.45, 7) is -0.399. The number of carboxylic acids is 1. The quantitative estimate of drug-likeness (QED) is 0.264. The molecule has 1 aromatic heterocycles. The van der Waals surface area contributed by atoms with Crippen molar-refractivity contribution in [3.05, 3.63) is 71.8 Å². The number of nitrogens with zero attached hydrogens (tertiary/aromatic N) is 3. The second-order valence-electron chi connectivity index (χ2n) is 8.24. The van der Waals surface area contributed by atoms with Gasteiger partial charge in [0, 0.05) is 11.1 Å². The third-order valence-corrected chi connectivity index (χ3v) is 5.94. The Labute approximate surface area is 207 Å². The molecule has 0 spiro atoms. The molecule has 2 aromatic carbocycles. The maximum absolute atomic E-state index is 15.0. The summed E-state index contributed by atoms with van der Waals surface area (Å²) < 4.78 is 47.0. The van der Waals surface area contributed by atoms with Gasteiger partial charge in [0.05, 0.1) is 13.7 Å². The maximum atomic E-state index is 15.0. The molecule has 0 amide bonds. The normalized spacial score (nSPS) is 25.3. The molecule has 1 unspecified atom stereocenters. The van der Waals surface area contributed by atoms with Crippen molar-refractivity contribution in [1.29, 1.82) is 0 Å². The van der Waals surface area contributed by atoms with Gasteiger partial charge in [-0.3, -0.25) is 0 Å². The lowest BCUT2D eigenvalue weighted by molar-refractivity contribution is -0.271. The Morgan fingerprint density at radius 1 is 1.05 bits per heavy atom. The van der Waals surface area contributed by atoms with Crippen LogP contribution >= 0.6 is 0 Å². The number of aliphatic hydroxyl groups excluding tert-OH is 3. The smallest absolute Gasteiger partial charge is 0.335 e. The van der Waals surface area contributed by atoms with Crippen molar-refractivity contribution in [3.8, 4) is 11.5 Å². The van der Waals surface area contributed by atoms with E-state index in [4.69, 9.17) is 14.2 Å². The van der Waals surface area contributed by atoms with Gasteiger partial charge in [0.15, 0.2) is 17.7 Å². The maximum Gasteiger partial charge on any atom is 0.335 e. The van der Waals surface area contributed by atoms with Crippen molar-refractivity contribution in [1.82, 2.24) is 14.8 Å². The third-order valence-electron chi connectivity index (χ3n) is 5.94. The van der Waals surface area contributed by atoms with Crippen molar-refractivity contribution < 1.29 is 53.3 Å². The van der Waals surface area contributed by atoms with E-state index in [1.165, 1.54) is 35.5 Å². The number of benzene rings is 2. The van der Waals surface area contributed by atoms with E-state index in [0.717, 1.165) is 25.3 Å². The van der Waals surface area contributed by atoms with Crippen LogP contribution in [0.25, 0.3) is 0 Å². The lowest BCUT2D eigenvalue weighted by atomic mass is 9.85. The van der Waals surface area contributed by atoms with Crippen molar-refractivity contribution in [2.45, 2.75) is 42.9 Å². The summed E-state index contributed by atoms with van der Waals surface area (Å²) in [5.41, 5.74) is -2.64. The topological polar surface area (TPSA) is 177 Å². The number of methoxy groups -OCH3 is 1. The molecule has 1 saturated heterocycles. The predicted octanol–water partition coefficient (Wildman–Crippen LogP) is -0.228. The zero-order chi connectivity index (χ0) is 26.9. The number of hydrogen-bond donors (Lipinski definition) is 5. The molecule has 5 N–H and O–H groups in total. The first-order valence-electron chi connectivity index (χ1n) is 10.8. The van der Waals surface area contributed by atoms with E-state index in [2.05, 4.69) is 10.1 Å². The SMILES string of the molecule is COc1c(C(O)(Cn2cncn2)c2ccccc2F)ccc(F)c1O[C@@H]1O[C@H](C(=O)O)[C@@H](O)[C@H](O)[C@H]1O. The Morgan fingerprint density at radius 3 is 2.41 bits per heavy atom. The van der Waals surface area contributed by atoms with E-state index >= 15 is 4.39 Å². The number of rotatable bonds is 8. The molecule has 1 fully saturated rings. The summed E-state index contributed by atoms with van der Waals surface area (Å²) in [6, 6.07) is 7.30. The molecule has 1 aliphatic rings. The zero-order valence-corrected chi connectivity index (χ0v) is 19.2. The molecule has 0 radical (unpaired) electrons. The molecule has 1 aliphatic heterocycles. The zero-order valence-electron chi connectivity index (χ0n) is 19.2. The molecule has 3 aromatic rings. The fourth-order valence-electron chi connectivity index (χ4n) is 4.10. The first kappa shape index (κ1) is 26.4. The number of ether oxygens (including phenoxy) is 3. The lowest BCUT2D eigenvalue weighted by Crippen LogP contribution is -2.61. The van der Waals surface area contributed by atoms with Crippen LogP contribution in [-0.2, 0) is 21.7 Å². The Hall–Kier alpha value is -3.69. The van der Waals surface area contributed by atoms with Crippen molar-refractivity contribution in [2.24, 2.45) is 0 Å². The average Bonchev–Trinajstić information content (AvgIpc) is 3.37. The second kappa shape index (κ2) is 10.4. The minimum atomic E-state index is -2.23. The number of carboxylic acid groups (broad SMARTS) is 1. The van der Waals surface area contributed by atoms with Gasteiger partial charge in [-0.15, -0.1) is 0 Å². The molecule has 2 heterocycles. The molecule has 4 rings (SSSR count). The van der Waals surface area contributed by atoms with Crippen LogP contribution < -0.4 is 9.47 Å². The van der Waals surface area contributed by atoms with Gasteiger partial charge in [-0.2, -0.15) is 5.10 Å². The van der Waals surface area contributed by atoms with E-state index in [-0.39, 0.29) is 11.1 Å². The first-order chi connectivity index (χ1) is 17.6. The summed E-state index contributed by atoms with van der Waals surface area (Å²) in [4.78, 5) is 15.2. The van der Waals surface area contributed by atoms with E-state index in [1.54, 1.807) is 0 Å². The molecule has 0 aliphatic carbocycles. The van der Waals surface area contributed by atoms with Gasteiger partial charge in [0.1, 0.15) is 42.4 Å². The van der Waals surface area contributed by atoms with E-state index in [1.807, 2.05) is 0 Å². The van der Waals surface area contributed by atoms with Crippen LogP contribution in [0.15, 0.2) is 49.1 Å². The molecule has 0 saturated carbocycles. The van der Waals surface area contributed by atoms with Gasteiger partial charge in [0.25, 0.3) is 0 Å². The van der Waals surface area contributed by atoms with E-state index in [0.29, 0.717) is 0 Å². The fraction of sp³-hybridized carbons (Fsp3) is 0.348. The van der Waals surface area contributed by atoms with Crippen LogP contribution in [0.5, 0.6) is 11.5 Å². The highest BCUT2D eigenvalue weighted by Gasteiger charge is 2.49. The van der Waals surface area contributed by atoms with E-state index in [9.17, 15) is 34.7 Å². The van der Waals surface area contributed by atoms with Crippen LogP contribution in [0.1, 0.15) is 11.1 Å². The van der Waals surface area contributed by atoms with E-state index < -0.39 is 72.0 Å². The lowest BCUT2D eigenvalue weighted by Gasteiger charge is -2.39. The molecule has 6 atom stereocenters. The van der Waals surface area contributed by atoms with Crippen LogP contribution in [0.4, 0.5) is 8.78 Å². The summed E-state index contributed by atoms with van der Waals surface area (Å²) in [5, 5.41) is 55.3. The predicted molar refractivity (Wildman–Crippen MR) is 117 cm³/mol. The Balaban J connectivity index is 1.82. The first-order valence-corrected chi connectivity index (χ1v) is 10.8. The molecule has 14 heteroatoms. The van der Waals surface area contributed by atoms with Gasteiger partial charge >= 0.3 is 5.97 Å². The van der Waals surface area contributed by atoms with Gasteiger partial charge < -0.3 is 39.7 Å². The summed E-state index contributed by atoms with van der Waals surface area (Å²) in [5.74, 6) is -4.75. The molecule has 0 bridgehead atoms. The monoisotopic (exact) mass is 523 g/mol. The summed E-state index contributed by atoms with van der Waals surface area (Å²) in [7, 11) is 1.11. The van der Waals surface area contributed by atoms with Crippen LogP contribution in [-0.4, -0.2) is 84.1 Å². The second-order valence-corrected chi connectivity index (χ2v) is 8.24. The van der Waals surface area contributed by atoms with Crippen molar-refractivity contribution in [3.63, 3.8) is 0 Å². The largest absolute Gasteiger partial charge is 0.492 e. The molecule has 12 nitrogen and oxygen atoms in total. The highest BCUT2D eigenvalue weighted by molar-refractivity contribution is 5.73. The summed E-state index contributed by atoms with van der Waals surface area (Å²) >= 11 is 0. The van der Waals surface area contributed by atoms with Crippen molar-refractivity contribution >= 4 is 5.97 Å². The number of aromatic nitrogens is 3. The molecular weight excluding hydrogens is 500 g/mol. The molecule has 198 valence electrons. The van der Waals surface area contributed by atoms with Gasteiger partial charge in [-0.1, -0.05) is 18.2 Å². The Kier molecular flexibility index (Phi) is 7.38. The van der Waals surface area contributed by atoms with Gasteiger partial charge in [-0.05, 0) is 18.2 Å². The number of halogens is 2. The fourth-order valence-corrected chi connectivity index (χ4v) is 4.10. The van der Waals surface area contributed by atoms with Crippen LogP contribution in [0, 0.1) is 11.6 Å². The number of hydrogen-bond acceptors (Lipinski definition) is 10. The third kappa shape index (κ3) is 4.84. The highest BCUT2D eigenvalue weighted by atomic mass is 19.1. The van der Waals surface area contributed by atoms with Crippen LogP contribution in [0.2, 0.25) is 0 Å². The van der Waals surface area contributed by atoms with Gasteiger partial charge in [-0.25, -0.2) is 23.2 Å². The number of carbonyl (C=O) groups is 1. The number of aliphatic hydroxyl groups is 4. The average molecular weight is 523 g/mol. The minimum Gasteiger partial charge on any atom is -0.492 e.